The summed E-state index contributed by atoms with van der Waals surface area (Å²) < 4.78 is 0. The van der Waals surface area contributed by atoms with Crippen molar-refractivity contribution in [2.24, 2.45) is 10.1 Å². The number of para-hydroxylation sites is 2. The molecule has 0 radical (unpaired) electrons. The minimum absolute atomic E-state index is 0.613. The van der Waals surface area contributed by atoms with Crippen molar-refractivity contribution in [3.63, 3.8) is 0 Å². The third-order valence-corrected chi connectivity index (χ3v) is 4.59. The third-order valence-electron chi connectivity index (χ3n) is 4.59. The Balaban J connectivity index is 1.72. The van der Waals surface area contributed by atoms with Gasteiger partial charge < -0.3 is 4.98 Å². The van der Waals surface area contributed by atoms with Gasteiger partial charge in [-0.1, -0.05) is 62.4 Å². The van der Waals surface area contributed by atoms with E-state index in [4.69, 9.17) is 4.99 Å². The molecule has 3 aromatic rings. The van der Waals surface area contributed by atoms with E-state index in [1.54, 1.807) is 0 Å². The van der Waals surface area contributed by atoms with Gasteiger partial charge in [0.2, 0.25) is 0 Å². The number of imidazole rings is 1. The van der Waals surface area contributed by atoms with Crippen LogP contribution in [0.1, 0.15) is 56.8 Å². The first-order valence-corrected chi connectivity index (χ1v) is 10.1. The van der Waals surface area contributed by atoms with Crippen molar-refractivity contribution in [2.75, 3.05) is 0 Å². The molecule has 2 N–H and O–H groups in total. The Morgan fingerprint density at radius 1 is 1.04 bits per heavy atom. The van der Waals surface area contributed by atoms with E-state index in [9.17, 15) is 0 Å². The summed E-state index contributed by atoms with van der Waals surface area (Å²) in [5, 5.41) is 4.38. The molecule has 0 aliphatic carbocycles. The van der Waals surface area contributed by atoms with Gasteiger partial charge in [-0.15, -0.1) is 0 Å². The van der Waals surface area contributed by atoms with Crippen LogP contribution in [0.25, 0.3) is 11.0 Å². The lowest BCUT2D eigenvalue weighted by Gasteiger charge is -2.03. The van der Waals surface area contributed by atoms with Crippen LogP contribution in [-0.4, -0.2) is 22.0 Å². The number of hydrogen-bond donors (Lipinski definition) is 2. The molecule has 0 saturated carbocycles. The van der Waals surface area contributed by atoms with Gasteiger partial charge in [0.25, 0.3) is 0 Å². The van der Waals surface area contributed by atoms with Crippen molar-refractivity contribution in [3.05, 3.63) is 59.9 Å². The number of unbranched alkanes of at least 4 members (excludes halogenated alkanes) is 5. The molecule has 1 aromatic heterocycles. The number of aliphatic imine (C=N–C) groups is 1. The Hall–Kier alpha value is -2.95. The van der Waals surface area contributed by atoms with Crippen LogP contribution in [0.15, 0.2) is 58.6 Å². The number of aromatic nitrogens is 2. The van der Waals surface area contributed by atoms with Gasteiger partial charge in [-0.3, -0.25) is 5.43 Å². The maximum Gasteiger partial charge on any atom is 0.190 e. The van der Waals surface area contributed by atoms with E-state index in [-0.39, 0.29) is 0 Å². The first kappa shape index (κ1) is 19.8. The quantitative estimate of drug-likeness (QED) is 0.212. The molecule has 1 heterocycles. The van der Waals surface area contributed by atoms with E-state index in [0.717, 1.165) is 23.1 Å². The molecule has 28 heavy (non-hydrogen) atoms. The van der Waals surface area contributed by atoms with Crippen LogP contribution in [0.4, 0.5) is 5.69 Å². The van der Waals surface area contributed by atoms with E-state index in [1.807, 2.05) is 42.6 Å². The highest BCUT2D eigenvalue weighted by atomic mass is 15.3. The molecule has 0 amide bonds. The van der Waals surface area contributed by atoms with Crippen molar-refractivity contribution in [3.8, 4) is 0 Å². The zero-order valence-corrected chi connectivity index (χ0v) is 16.8. The minimum atomic E-state index is 0.613. The van der Waals surface area contributed by atoms with Gasteiger partial charge in [0.15, 0.2) is 11.7 Å². The number of nitrogens with zero attached hydrogens (tertiary/aromatic N) is 3. The van der Waals surface area contributed by atoms with Gasteiger partial charge in [0.05, 0.1) is 16.7 Å². The van der Waals surface area contributed by atoms with Gasteiger partial charge in [0.1, 0.15) is 0 Å². The topological polar surface area (TPSA) is 65.4 Å². The number of aromatic amines is 1. The lowest BCUT2D eigenvalue weighted by Crippen LogP contribution is -2.20. The largest absolute Gasteiger partial charge is 0.335 e. The van der Waals surface area contributed by atoms with E-state index in [0.29, 0.717) is 11.7 Å². The van der Waals surface area contributed by atoms with Crippen LogP contribution < -0.4 is 5.43 Å². The molecule has 146 valence electrons. The molecular formula is C23H29N5. The highest BCUT2D eigenvalue weighted by Crippen LogP contribution is 2.16. The van der Waals surface area contributed by atoms with Gasteiger partial charge in [-0.2, -0.15) is 5.10 Å². The van der Waals surface area contributed by atoms with Crippen LogP contribution >= 0.6 is 0 Å². The van der Waals surface area contributed by atoms with Crippen LogP contribution in [-0.2, 0) is 0 Å². The number of amidine groups is 1. The second-order valence-corrected chi connectivity index (χ2v) is 7.02. The highest BCUT2D eigenvalue weighted by molar-refractivity contribution is 5.99. The van der Waals surface area contributed by atoms with Crippen LogP contribution in [0, 0.1) is 6.92 Å². The van der Waals surface area contributed by atoms with E-state index in [1.165, 1.54) is 37.7 Å². The summed E-state index contributed by atoms with van der Waals surface area (Å²) in [5.74, 6) is 1.30. The number of hydrazone groups is 1. The van der Waals surface area contributed by atoms with Gasteiger partial charge in [-0.05, 0) is 44.0 Å². The number of fused-ring (bicyclic) bond motifs is 1. The van der Waals surface area contributed by atoms with Crippen LogP contribution in [0.5, 0.6) is 0 Å². The molecule has 5 heteroatoms. The Morgan fingerprint density at radius 2 is 1.82 bits per heavy atom. The fourth-order valence-corrected chi connectivity index (χ4v) is 2.95. The molecular weight excluding hydrogens is 346 g/mol. The Bertz CT molecular complexity index is 889. The predicted octanol–water partition coefficient (Wildman–Crippen LogP) is 5.89. The molecule has 0 bridgehead atoms. The Morgan fingerprint density at radius 3 is 2.61 bits per heavy atom. The molecule has 0 saturated heterocycles. The summed E-state index contributed by atoms with van der Waals surface area (Å²) in [6, 6.07) is 16.1. The zero-order valence-electron chi connectivity index (χ0n) is 16.8. The molecule has 0 atom stereocenters. The Labute approximate surface area is 167 Å². The predicted molar refractivity (Wildman–Crippen MR) is 118 cm³/mol. The van der Waals surface area contributed by atoms with Gasteiger partial charge in [-0.25, -0.2) is 9.98 Å². The molecule has 5 nitrogen and oxygen atoms in total. The van der Waals surface area contributed by atoms with Crippen molar-refractivity contribution < 1.29 is 0 Å². The number of H-pyrrole nitrogens is 1. The molecule has 0 unspecified atom stereocenters. The van der Waals surface area contributed by atoms with Crippen LogP contribution in [0.3, 0.4) is 0 Å². The van der Waals surface area contributed by atoms with Crippen molar-refractivity contribution >= 4 is 28.8 Å². The smallest absolute Gasteiger partial charge is 0.190 e. The molecule has 2 aromatic carbocycles. The summed E-state index contributed by atoms with van der Waals surface area (Å²) in [5.41, 5.74) is 7.05. The average Bonchev–Trinajstić information content (AvgIpc) is 3.15. The normalized spacial score (nSPS) is 12.1. The molecule has 0 aliphatic rings. The first-order chi connectivity index (χ1) is 13.8. The summed E-state index contributed by atoms with van der Waals surface area (Å²) in [6.07, 6.45) is 9.21. The minimum Gasteiger partial charge on any atom is -0.335 e. The molecule has 0 aliphatic heterocycles. The van der Waals surface area contributed by atoms with Gasteiger partial charge >= 0.3 is 0 Å². The number of benzene rings is 2. The molecule has 3 rings (SSSR count). The number of aryl methyl sites for hydroxylation is 1. The summed E-state index contributed by atoms with van der Waals surface area (Å²) in [7, 11) is 0. The second-order valence-electron chi connectivity index (χ2n) is 7.02. The first-order valence-electron chi connectivity index (χ1n) is 10.1. The summed E-state index contributed by atoms with van der Waals surface area (Å²) in [6.45, 7) is 4.30. The lowest BCUT2D eigenvalue weighted by atomic mass is 10.1. The van der Waals surface area contributed by atoms with Crippen molar-refractivity contribution in [2.45, 2.75) is 52.4 Å². The standard InChI is InChI=1S/C23H29N5/c1-3-4-5-6-7-10-17-24-28-23(25-19-15-13-18(2)14-16-19)22-26-20-11-8-9-12-21(20)27-22/h8-9,11-17H,3-7,10H2,1-2H3,(H,25,28)(H,26,27)/b24-17+. The monoisotopic (exact) mass is 375 g/mol. The fourth-order valence-electron chi connectivity index (χ4n) is 2.95. The van der Waals surface area contributed by atoms with Crippen LogP contribution in [0.2, 0.25) is 0 Å². The maximum atomic E-state index is 4.72. The summed E-state index contributed by atoms with van der Waals surface area (Å²) >= 11 is 0. The van der Waals surface area contributed by atoms with E-state index >= 15 is 0 Å². The summed E-state index contributed by atoms with van der Waals surface area (Å²) in [4.78, 5) is 12.7. The highest BCUT2D eigenvalue weighted by Gasteiger charge is 2.09. The fraction of sp³-hybridized carbons (Fsp3) is 0.348. The Kier molecular flexibility index (Phi) is 7.36. The zero-order chi connectivity index (χ0) is 19.6. The van der Waals surface area contributed by atoms with E-state index < -0.39 is 0 Å². The number of nitrogens with one attached hydrogen (secondary N) is 2. The second kappa shape index (κ2) is 10.4. The number of rotatable bonds is 9. The van der Waals surface area contributed by atoms with E-state index in [2.05, 4.69) is 46.5 Å². The third kappa shape index (κ3) is 5.78. The molecule has 0 spiro atoms. The average molecular weight is 376 g/mol. The maximum absolute atomic E-state index is 4.72. The number of hydrogen-bond acceptors (Lipinski definition) is 3. The van der Waals surface area contributed by atoms with Crippen molar-refractivity contribution in [1.82, 2.24) is 15.4 Å². The van der Waals surface area contributed by atoms with Gasteiger partial charge in [0, 0.05) is 6.21 Å². The molecule has 0 fully saturated rings. The SMILES string of the molecule is CCCCCCC/C=N/NC(=Nc1ccc(C)cc1)c1nc2ccccc2[nH]1. The lowest BCUT2D eigenvalue weighted by molar-refractivity contribution is 0.644. The van der Waals surface area contributed by atoms with Crippen molar-refractivity contribution in [1.29, 1.82) is 0 Å².